The third kappa shape index (κ3) is 4.79. The molecule has 0 bridgehead atoms. The molecule has 1 unspecified atom stereocenters. The molecule has 0 aliphatic carbocycles. The van der Waals surface area contributed by atoms with Crippen molar-refractivity contribution >= 4 is 5.97 Å². The van der Waals surface area contributed by atoms with Gasteiger partial charge >= 0.3 is 5.97 Å². The first-order chi connectivity index (χ1) is 10.1. The van der Waals surface area contributed by atoms with Crippen LogP contribution in [0.2, 0.25) is 0 Å². The maximum Gasteiger partial charge on any atom is 0.335 e. The molecule has 0 spiro atoms. The number of likely N-dealkylation sites (tertiary alicyclic amines) is 1. The molecule has 1 aromatic rings. The number of carboxylic acid groups (broad SMARTS) is 1. The number of aromatic carboxylic acids is 1. The minimum atomic E-state index is -1.03. The van der Waals surface area contributed by atoms with E-state index in [-0.39, 0.29) is 11.4 Å². The first-order valence-electron chi connectivity index (χ1n) is 7.51. The second-order valence-electron chi connectivity index (χ2n) is 5.86. The zero-order valence-corrected chi connectivity index (χ0v) is 12.4. The van der Waals surface area contributed by atoms with Crippen molar-refractivity contribution in [3.63, 3.8) is 0 Å². The van der Waals surface area contributed by atoms with E-state index < -0.39 is 5.97 Å². The van der Waals surface area contributed by atoms with Gasteiger partial charge in [-0.3, -0.25) is 0 Å². The van der Waals surface area contributed by atoms with Crippen molar-refractivity contribution in [2.75, 3.05) is 26.2 Å². The van der Waals surface area contributed by atoms with E-state index in [9.17, 15) is 9.18 Å². The summed E-state index contributed by atoms with van der Waals surface area (Å²) in [6, 6.07) is 3.90. The topological polar surface area (TPSA) is 52.6 Å². The summed E-state index contributed by atoms with van der Waals surface area (Å²) in [5.74, 6) is -0.896. The molecule has 1 fully saturated rings. The highest BCUT2D eigenvalue weighted by atomic mass is 19.1. The molecule has 5 heteroatoms. The third-order valence-electron chi connectivity index (χ3n) is 3.87. The molecular weight excluding hydrogens is 271 g/mol. The van der Waals surface area contributed by atoms with Gasteiger partial charge in [-0.25, -0.2) is 9.18 Å². The lowest BCUT2D eigenvalue weighted by Gasteiger charge is -2.20. The van der Waals surface area contributed by atoms with Gasteiger partial charge in [-0.15, -0.1) is 0 Å². The molecule has 0 radical (unpaired) electrons. The van der Waals surface area contributed by atoms with Crippen LogP contribution >= 0.6 is 0 Å². The Hall–Kier alpha value is -1.46. The number of benzene rings is 1. The van der Waals surface area contributed by atoms with Crippen LogP contribution in [-0.2, 0) is 6.54 Å². The van der Waals surface area contributed by atoms with Crippen LogP contribution < -0.4 is 5.32 Å². The monoisotopic (exact) mass is 294 g/mol. The molecule has 0 amide bonds. The maximum atomic E-state index is 13.6. The number of hydrogen-bond donors (Lipinski definition) is 2. The standard InChI is InChI=1S/C16H23FN2O2/c1-12(11-19-6-2-3-7-19)9-18-10-14-8-13(16(20)21)4-5-15(14)17/h4-5,8,12,18H,2-3,6-7,9-11H2,1H3,(H,20,21). The zero-order valence-electron chi connectivity index (χ0n) is 12.4. The predicted molar refractivity (Wildman–Crippen MR) is 79.9 cm³/mol. The Bertz CT molecular complexity index is 487. The van der Waals surface area contributed by atoms with Gasteiger partial charge in [0.2, 0.25) is 0 Å². The van der Waals surface area contributed by atoms with Crippen LogP contribution in [0.5, 0.6) is 0 Å². The highest BCUT2D eigenvalue weighted by Gasteiger charge is 2.14. The highest BCUT2D eigenvalue weighted by Crippen LogP contribution is 2.12. The largest absolute Gasteiger partial charge is 0.478 e. The summed E-state index contributed by atoms with van der Waals surface area (Å²) in [6.45, 7) is 6.75. The summed E-state index contributed by atoms with van der Waals surface area (Å²) in [4.78, 5) is 13.3. The highest BCUT2D eigenvalue weighted by molar-refractivity contribution is 5.87. The van der Waals surface area contributed by atoms with E-state index >= 15 is 0 Å². The second-order valence-corrected chi connectivity index (χ2v) is 5.86. The molecule has 1 saturated heterocycles. The van der Waals surface area contributed by atoms with Gasteiger partial charge in [0, 0.05) is 18.7 Å². The number of carbonyl (C=O) groups is 1. The molecule has 1 aliphatic rings. The Morgan fingerprint density at radius 1 is 1.43 bits per heavy atom. The van der Waals surface area contributed by atoms with E-state index in [0.717, 1.165) is 13.1 Å². The average molecular weight is 294 g/mol. The lowest BCUT2D eigenvalue weighted by atomic mass is 10.1. The predicted octanol–water partition coefficient (Wildman–Crippen LogP) is 2.35. The lowest BCUT2D eigenvalue weighted by Crippen LogP contribution is -2.31. The summed E-state index contributed by atoms with van der Waals surface area (Å²) < 4.78 is 13.6. The van der Waals surface area contributed by atoms with E-state index in [1.165, 1.54) is 44.1 Å². The van der Waals surface area contributed by atoms with Crippen molar-refractivity contribution in [1.29, 1.82) is 0 Å². The van der Waals surface area contributed by atoms with Crippen LogP contribution in [0.4, 0.5) is 4.39 Å². The van der Waals surface area contributed by atoms with Crippen LogP contribution in [0.3, 0.4) is 0 Å². The van der Waals surface area contributed by atoms with Gasteiger partial charge in [-0.1, -0.05) is 6.92 Å². The van der Waals surface area contributed by atoms with Crippen molar-refractivity contribution in [2.45, 2.75) is 26.3 Å². The van der Waals surface area contributed by atoms with Crippen molar-refractivity contribution in [3.8, 4) is 0 Å². The second kappa shape index (κ2) is 7.52. The number of nitrogens with one attached hydrogen (secondary N) is 1. The number of nitrogens with zero attached hydrogens (tertiary/aromatic N) is 1. The minimum Gasteiger partial charge on any atom is -0.478 e. The van der Waals surface area contributed by atoms with Crippen LogP contribution in [-0.4, -0.2) is 42.2 Å². The Morgan fingerprint density at radius 2 is 2.14 bits per heavy atom. The molecule has 1 atom stereocenters. The third-order valence-corrected chi connectivity index (χ3v) is 3.87. The fraction of sp³-hybridized carbons (Fsp3) is 0.562. The summed E-state index contributed by atoms with van der Waals surface area (Å²) >= 11 is 0. The van der Waals surface area contributed by atoms with Gasteiger partial charge in [-0.05, 0) is 56.6 Å². The van der Waals surface area contributed by atoms with Gasteiger partial charge in [0.25, 0.3) is 0 Å². The zero-order chi connectivity index (χ0) is 15.2. The average Bonchev–Trinajstić information content (AvgIpc) is 2.93. The van der Waals surface area contributed by atoms with Crippen LogP contribution in [0.1, 0.15) is 35.7 Å². The minimum absolute atomic E-state index is 0.123. The normalized spacial score (nSPS) is 17.0. The van der Waals surface area contributed by atoms with Crippen molar-refractivity contribution in [1.82, 2.24) is 10.2 Å². The number of hydrogen-bond acceptors (Lipinski definition) is 3. The van der Waals surface area contributed by atoms with Crippen molar-refractivity contribution < 1.29 is 14.3 Å². The Balaban J connectivity index is 1.79. The Labute approximate surface area is 125 Å². The molecule has 4 nitrogen and oxygen atoms in total. The smallest absolute Gasteiger partial charge is 0.335 e. The van der Waals surface area contributed by atoms with Crippen LogP contribution in [0.25, 0.3) is 0 Å². The van der Waals surface area contributed by atoms with Crippen LogP contribution in [0.15, 0.2) is 18.2 Å². The fourth-order valence-electron chi connectivity index (χ4n) is 2.77. The molecule has 1 aromatic carbocycles. The van der Waals surface area contributed by atoms with E-state index in [1.807, 2.05) is 0 Å². The quantitative estimate of drug-likeness (QED) is 0.810. The Morgan fingerprint density at radius 3 is 2.81 bits per heavy atom. The summed E-state index contributed by atoms with van der Waals surface area (Å²) in [5, 5.41) is 12.1. The molecule has 2 N–H and O–H groups in total. The first-order valence-corrected chi connectivity index (χ1v) is 7.51. The van der Waals surface area contributed by atoms with Crippen LogP contribution in [0, 0.1) is 11.7 Å². The molecule has 21 heavy (non-hydrogen) atoms. The summed E-state index contributed by atoms with van der Waals surface area (Å²) in [7, 11) is 0. The van der Waals surface area contributed by atoms with E-state index in [2.05, 4.69) is 17.1 Å². The molecule has 116 valence electrons. The summed E-state index contributed by atoms with van der Waals surface area (Å²) in [6.07, 6.45) is 2.57. The first kappa shape index (κ1) is 15.9. The lowest BCUT2D eigenvalue weighted by molar-refractivity contribution is 0.0696. The fourth-order valence-corrected chi connectivity index (χ4v) is 2.77. The van der Waals surface area contributed by atoms with Gasteiger partial charge in [-0.2, -0.15) is 0 Å². The molecular formula is C16H23FN2O2. The number of rotatable bonds is 7. The summed E-state index contributed by atoms with van der Waals surface area (Å²) in [5.41, 5.74) is 0.529. The molecule has 0 saturated carbocycles. The molecule has 1 aliphatic heterocycles. The molecule has 2 rings (SSSR count). The van der Waals surface area contributed by atoms with E-state index in [0.29, 0.717) is 18.0 Å². The molecule has 1 heterocycles. The molecule has 0 aromatic heterocycles. The van der Waals surface area contributed by atoms with Gasteiger partial charge in [0.15, 0.2) is 0 Å². The van der Waals surface area contributed by atoms with Crippen molar-refractivity contribution in [3.05, 3.63) is 35.1 Å². The Kier molecular flexibility index (Phi) is 5.70. The number of carboxylic acids is 1. The van der Waals surface area contributed by atoms with Gasteiger partial charge in [0.1, 0.15) is 5.82 Å². The van der Waals surface area contributed by atoms with Gasteiger partial charge in [0.05, 0.1) is 5.56 Å². The SMILES string of the molecule is CC(CNCc1cc(C(=O)O)ccc1F)CN1CCCC1. The van der Waals surface area contributed by atoms with E-state index in [1.54, 1.807) is 0 Å². The van der Waals surface area contributed by atoms with E-state index in [4.69, 9.17) is 5.11 Å². The van der Waals surface area contributed by atoms with Gasteiger partial charge < -0.3 is 15.3 Å². The van der Waals surface area contributed by atoms with Crippen molar-refractivity contribution in [2.24, 2.45) is 5.92 Å². The maximum absolute atomic E-state index is 13.6. The number of halogens is 1.